The van der Waals surface area contributed by atoms with Crippen molar-refractivity contribution in [3.05, 3.63) is 59.4 Å². The van der Waals surface area contributed by atoms with E-state index in [1.807, 2.05) is 0 Å². The van der Waals surface area contributed by atoms with E-state index >= 15 is 0 Å². The van der Waals surface area contributed by atoms with Crippen LogP contribution in [0.25, 0.3) is 0 Å². The minimum Gasteiger partial charge on any atom is -0.493 e. The zero-order valence-electron chi connectivity index (χ0n) is 18.6. The Bertz CT molecular complexity index is 922. The number of nitrogens with one attached hydrogen (secondary N) is 1. The average Bonchev–Trinajstić information content (AvgIpc) is 2.81. The molecule has 6 nitrogen and oxygen atoms in total. The fourth-order valence-electron chi connectivity index (χ4n) is 3.81. The quantitative estimate of drug-likeness (QED) is 0.442. The molecule has 1 N–H and O–H groups in total. The van der Waals surface area contributed by atoms with Gasteiger partial charge in [-0.05, 0) is 62.1 Å². The molecule has 1 saturated heterocycles. The number of esters is 1. The molecule has 0 saturated carbocycles. The van der Waals surface area contributed by atoms with E-state index in [0.717, 1.165) is 18.4 Å². The van der Waals surface area contributed by atoms with Crippen molar-refractivity contribution in [3.8, 4) is 5.75 Å². The van der Waals surface area contributed by atoms with E-state index < -0.39 is 11.4 Å². The molecule has 0 spiro atoms. The third-order valence-corrected chi connectivity index (χ3v) is 5.67. The van der Waals surface area contributed by atoms with Crippen LogP contribution in [-0.2, 0) is 19.7 Å². The number of hydrogen-bond donors (Lipinski definition) is 1. The van der Waals surface area contributed by atoms with Crippen LogP contribution in [0.2, 0.25) is 0 Å². The van der Waals surface area contributed by atoms with Crippen LogP contribution in [0.4, 0.5) is 10.1 Å². The lowest BCUT2D eigenvalue weighted by molar-refractivity contribution is -0.125. The Morgan fingerprint density at radius 3 is 2.47 bits per heavy atom. The SMILES string of the molecule is CCCCOc1ccc(NC(=O)C2(c3ccc(F)cc3)CCOCC2)cc1C(=O)OCC. The number of carbonyl (C=O) groups excluding carboxylic acids is 2. The van der Waals surface area contributed by atoms with Crippen LogP contribution in [0.15, 0.2) is 42.5 Å². The van der Waals surface area contributed by atoms with Crippen molar-refractivity contribution in [2.45, 2.75) is 44.9 Å². The average molecular weight is 444 g/mol. The van der Waals surface area contributed by atoms with Crippen molar-refractivity contribution < 1.29 is 28.2 Å². The summed E-state index contributed by atoms with van der Waals surface area (Å²) < 4.78 is 29.9. The lowest BCUT2D eigenvalue weighted by atomic mass is 9.73. The number of amides is 1. The molecule has 2 aromatic rings. The molecule has 0 atom stereocenters. The first kappa shape index (κ1) is 23.7. The molecular formula is C25H30FNO5. The first-order valence-electron chi connectivity index (χ1n) is 11.1. The highest BCUT2D eigenvalue weighted by Crippen LogP contribution is 2.36. The van der Waals surface area contributed by atoms with Gasteiger partial charge in [-0.3, -0.25) is 4.79 Å². The normalized spacial score (nSPS) is 15.1. The maximum atomic E-state index is 13.5. The fourth-order valence-corrected chi connectivity index (χ4v) is 3.81. The predicted molar refractivity (Wildman–Crippen MR) is 120 cm³/mol. The molecule has 0 aliphatic carbocycles. The largest absolute Gasteiger partial charge is 0.493 e. The maximum Gasteiger partial charge on any atom is 0.341 e. The van der Waals surface area contributed by atoms with Crippen molar-refractivity contribution in [2.24, 2.45) is 0 Å². The summed E-state index contributed by atoms with van der Waals surface area (Å²) in [6.07, 6.45) is 2.79. The van der Waals surface area contributed by atoms with Crippen LogP contribution in [0.3, 0.4) is 0 Å². The molecule has 172 valence electrons. The van der Waals surface area contributed by atoms with E-state index in [-0.39, 0.29) is 23.9 Å². The molecule has 0 unspecified atom stereocenters. The Balaban J connectivity index is 1.88. The summed E-state index contributed by atoms with van der Waals surface area (Å²) in [5.41, 5.74) is 0.633. The summed E-state index contributed by atoms with van der Waals surface area (Å²) in [5, 5.41) is 2.95. The van der Waals surface area contributed by atoms with E-state index in [1.165, 1.54) is 12.1 Å². The standard InChI is InChI=1S/C25H30FNO5/c1-3-5-14-32-22-11-10-20(17-21(22)23(28)31-4-2)27-24(29)25(12-15-30-16-13-25)18-6-8-19(26)9-7-18/h6-11,17H,3-5,12-16H2,1-2H3,(H,27,29). The Morgan fingerprint density at radius 1 is 1.09 bits per heavy atom. The third kappa shape index (κ3) is 5.46. The molecule has 2 aromatic carbocycles. The van der Waals surface area contributed by atoms with E-state index in [4.69, 9.17) is 14.2 Å². The van der Waals surface area contributed by atoms with Crippen molar-refractivity contribution in [1.82, 2.24) is 0 Å². The lowest BCUT2D eigenvalue weighted by Crippen LogP contribution is -2.44. The molecule has 0 radical (unpaired) electrons. The molecule has 1 heterocycles. The number of ether oxygens (including phenoxy) is 3. The van der Waals surface area contributed by atoms with E-state index in [9.17, 15) is 14.0 Å². The zero-order valence-corrected chi connectivity index (χ0v) is 18.6. The number of benzene rings is 2. The topological polar surface area (TPSA) is 73.9 Å². The molecule has 1 aliphatic rings. The molecule has 1 aliphatic heterocycles. The van der Waals surface area contributed by atoms with Crippen LogP contribution in [0.5, 0.6) is 5.75 Å². The van der Waals surface area contributed by atoms with Crippen molar-refractivity contribution in [3.63, 3.8) is 0 Å². The van der Waals surface area contributed by atoms with Gasteiger partial charge < -0.3 is 19.5 Å². The molecule has 3 rings (SSSR count). The summed E-state index contributed by atoms with van der Waals surface area (Å²) in [7, 11) is 0. The number of halogens is 1. The van der Waals surface area contributed by atoms with Gasteiger partial charge in [-0.1, -0.05) is 25.5 Å². The minimum atomic E-state index is -0.841. The van der Waals surface area contributed by atoms with Gasteiger partial charge in [0, 0.05) is 18.9 Å². The summed E-state index contributed by atoms with van der Waals surface area (Å²) in [5.74, 6) is -0.653. The van der Waals surface area contributed by atoms with Crippen LogP contribution >= 0.6 is 0 Å². The van der Waals surface area contributed by atoms with Gasteiger partial charge in [0.15, 0.2) is 0 Å². The highest BCUT2D eigenvalue weighted by atomic mass is 19.1. The van der Waals surface area contributed by atoms with Gasteiger partial charge in [0.05, 0.1) is 18.6 Å². The second-order valence-corrected chi connectivity index (χ2v) is 7.79. The third-order valence-electron chi connectivity index (χ3n) is 5.67. The first-order chi connectivity index (χ1) is 15.5. The summed E-state index contributed by atoms with van der Waals surface area (Å²) in [4.78, 5) is 26.0. The molecule has 1 fully saturated rings. The monoisotopic (exact) mass is 443 g/mol. The number of rotatable bonds is 9. The second kappa shape index (κ2) is 11.1. The number of anilines is 1. The fraction of sp³-hybridized carbons (Fsp3) is 0.440. The highest BCUT2D eigenvalue weighted by Gasteiger charge is 2.41. The molecule has 32 heavy (non-hydrogen) atoms. The summed E-state index contributed by atoms with van der Waals surface area (Å²) >= 11 is 0. The van der Waals surface area contributed by atoms with Gasteiger partial charge in [-0.25, -0.2) is 9.18 Å². The van der Waals surface area contributed by atoms with Crippen LogP contribution < -0.4 is 10.1 Å². The van der Waals surface area contributed by atoms with Crippen LogP contribution in [0, 0.1) is 5.82 Å². The predicted octanol–water partition coefficient (Wildman–Crippen LogP) is 4.87. The van der Waals surface area contributed by atoms with Crippen LogP contribution in [0.1, 0.15) is 55.5 Å². The molecule has 0 bridgehead atoms. The van der Waals surface area contributed by atoms with E-state index in [0.29, 0.717) is 44.1 Å². The minimum absolute atomic E-state index is 0.220. The van der Waals surface area contributed by atoms with Crippen molar-refractivity contribution in [1.29, 1.82) is 0 Å². The molecule has 1 amide bonds. The van der Waals surface area contributed by atoms with Gasteiger partial charge >= 0.3 is 5.97 Å². The van der Waals surface area contributed by atoms with Crippen LogP contribution in [-0.4, -0.2) is 38.3 Å². The zero-order chi connectivity index (χ0) is 23.0. The molecule has 0 aromatic heterocycles. The summed E-state index contributed by atoms with van der Waals surface area (Å²) in [6, 6.07) is 11.0. The van der Waals surface area contributed by atoms with Gasteiger partial charge in [0.25, 0.3) is 0 Å². The van der Waals surface area contributed by atoms with E-state index in [2.05, 4.69) is 12.2 Å². The maximum absolute atomic E-state index is 13.5. The van der Waals surface area contributed by atoms with Crippen molar-refractivity contribution in [2.75, 3.05) is 31.7 Å². The van der Waals surface area contributed by atoms with Gasteiger partial charge in [-0.15, -0.1) is 0 Å². The summed E-state index contributed by atoms with van der Waals surface area (Å²) in [6.45, 7) is 5.38. The van der Waals surface area contributed by atoms with Gasteiger partial charge in [0.1, 0.15) is 17.1 Å². The second-order valence-electron chi connectivity index (χ2n) is 7.79. The lowest BCUT2D eigenvalue weighted by Gasteiger charge is -2.36. The number of unbranched alkanes of at least 4 members (excludes halogenated alkanes) is 1. The van der Waals surface area contributed by atoms with E-state index in [1.54, 1.807) is 37.3 Å². The molecule has 7 heteroatoms. The number of hydrogen-bond acceptors (Lipinski definition) is 5. The van der Waals surface area contributed by atoms with Gasteiger partial charge in [0.2, 0.25) is 5.91 Å². The Kier molecular flexibility index (Phi) is 8.22. The van der Waals surface area contributed by atoms with Gasteiger partial charge in [-0.2, -0.15) is 0 Å². The Morgan fingerprint density at radius 2 is 1.81 bits per heavy atom. The smallest absolute Gasteiger partial charge is 0.341 e. The first-order valence-corrected chi connectivity index (χ1v) is 11.1. The van der Waals surface area contributed by atoms with Crippen molar-refractivity contribution >= 4 is 17.6 Å². The highest BCUT2D eigenvalue weighted by molar-refractivity contribution is 6.01. The Hall–Kier alpha value is -2.93. The number of carbonyl (C=O) groups is 2. The Labute approximate surface area is 188 Å². The molecular weight excluding hydrogens is 413 g/mol.